The van der Waals surface area contributed by atoms with Gasteiger partial charge in [0.05, 0.1) is 11.5 Å². The Morgan fingerprint density at radius 3 is 2.12 bits per heavy atom. The van der Waals surface area contributed by atoms with Crippen molar-refractivity contribution in [3.63, 3.8) is 0 Å². The third-order valence-electron chi connectivity index (χ3n) is 6.90. The fraction of sp³-hybridized carbons (Fsp3) is 0.870. The maximum absolute atomic E-state index is 9.54. The standard InChI is InChI=1S/C23H39N/c1-3-5-6-7-8-9-20-10-12-21(13-11-20)22-14-17-23(19-24,16-4-2)18-15-22/h4,16,20-22H,3,5-15,17-18H2,1-2H3/b16-4-. The first-order chi connectivity index (χ1) is 11.7. The second-order valence-corrected chi connectivity index (χ2v) is 8.59. The van der Waals surface area contributed by atoms with Gasteiger partial charge in [-0.25, -0.2) is 0 Å². The quantitative estimate of drug-likeness (QED) is 0.335. The van der Waals surface area contributed by atoms with E-state index in [-0.39, 0.29) is 5.41 Å². The van der Waals surface area contributed by atoms with Crippen LogP contribution in [0, 0.1) is 34.5 Å². The molecular formula is C23H39N. The second-order valence-electron chi connectivity index (χ2n) is 8.59. The number of hydrogen-bond acceptors (Lipinski definition) is 1. The van der Waals surface area contributed by atoms with E-state index in [1.54, 1.807) is 0 Å². The van der Waals surface area contributed by atoms with E-state index < -0.39 is 0 Å². The molecule has 1 heteroatoms. The molecule has 0 bridgehead atoms. The fourth-order valence-electron chi connectivity index (χ4n) is 5.25. The van der Waals surface area contributed by atoms with E-state index in [4.69, 9.17) is 0 Å². The third-order valence-corrected chi connectivity index (χ3v) is 6.90. The summed E-state index contributed by atoms with van der Waals surface area (Å²) >= 11 is 0. The zero-order chi connectivity index (χ0) is 17.3. The van der Waals surface area contributed by atoms with Gasteiger partial charge < -0.3 is 0 Å². The molecule has 0 N–H and O–H groups in total. The van der Waals surface area contributed by atoms with E-state index in [0.29, 0.717) is 0 Å². The molecule has 0 unspecified atom stereocenters. The molecule has 24 heavy (non-hydrogen) atoms. The van der Waals surface area contributed by atoms with Gasteiger partial charge in [0.1, 0.15) is 0 Å². The molecule has 0 amide bonds. The summed E-state index contributed by atoms with van der Waals surface area (Å²) in [7, 11) is 0. The van der Waals surface area contributed by atoms with Crippen LogP contribution in [0.2, 0.25) is 0 Å². The van der Waals surface area contributed by atoms with Gasteiger partial charge in [-0.05, 0) is 63.2 Å². The highest BCUT2D eigenvalue weighted by Crippen LogP contribution is 2.46. The van der Waals surface area contributed by atoms with Gasteiger partial charge in [-0.3, -0.25) is 0 Å². The maximum atomic E-state index is 9.54. The average Bonchev–Trinajstić information content (AvgIpc) is 2.63. The summed E-state index contributed by atoms with van der Waals surface area (Å²) < 4.78 is 0. The molecule has 1 nitrogen and oxygen atoms in total. The monoisotopic (exact) mass is 329 g/mol. The molecule has 0 aromatic heterocycles. The molecule has 2 saturated carbocycles. The highest BCUT2D eigenvalue weighted by molar-refractivity contribution is 5.13. The Labute approximate surface area is 150 Å². The van der Waals surface area contributed by atoms with Crippen LogP contribution in [-0.4, -0.2) is 0 Å². The van der Waals surface area contributed by atoms with Crippen molar-refractivity contribution in [1.29, 1.82) is 5.26 Å². The Kier molecular flexibility index (Phi) is 8.37. The summed E-state index contributed by atoms with van der Waals surface area (Å²) in [4.78, 5) is 0. The summed E-state index contributed by atoms with van der Waals surface area (Å²) in [6.07, 6.45) is 23.5. The highest BCUT2D eigenvalue weighted by Gasteiger charge is 2.36. The molecule has 0 aromatic rings. The molecule has 2 rings (SSSR count). The minimum atomic E-state index is -0.138. The first-order valence-corrected chi connectivity index (χ1v) is 10.8. The molecule has 0 heterocycles. The van der Waals surface area contributed by atoms with E-state index in [1.165, 1.54) is 77.0 Å². The summed E-state index contributed by atoms with van der Waals surface area (Å²) in [6, 6.07) is 2.60. The van der Waals surface area contributed by atoms with Crippen molar-refractivity contribution in [1.82, 2.24) is 0 Å². The Balaban J connectivity index is 1.66. The van der Waals surface area contributed by atoms with Crippen LogP contribution >= 0.6 is 0 Å². The van der Waals surface area contributed by atoms with Gasteiger partial charge >= 0.3 is 0 Å². The fourth-order valence-corrected chi connectivity index (χ4v) is 5.25. The molecule has 2 aliphatic carbocycles. The van der Waals surface area contributed by atoms with Crippen LogP contribution in [0.5, 0.6) is 0 Å². The van der Waals surface area contributed by atoms with Crippen molar-refractivity contribution in [2.45, 2.75) is 104 Å². The van der Waals surface area contributed by atoms with Crippen molar-refractivity contribution in [2.75, 3.05) is 0 Å². The predicted molar refractivity (Wildman–Crippen MR) is 104 cm³/mol. The molecule has 0 spiro atoms. The van der Waals surface area contributed by atoms with Crippen LogP contribution < -0.4 is 0 Å². The number of nitrogens with zero attached hydrogens (tertiary/aromatic N) is 1. The van der Waals surface area contributed by atoms with Gasteiger partial charge in [-0.1, -0.05) is 70.4 Å². The van der Waals surface area contributed by atoms with E-state index in [1.807, 2.05) is 0 Å². The Morgan fingerprint density at radius 2 is 1.54 bits per heavy atom. The lowest BCUT2D eigenvalue weighted by Gasteiger charge is -2.39. The summed E-state index contributed by atoms with van der Waals surface area (Å²) in [5, 5.41) is 9.54. The lowest BCUT2D eigenvalue weighted by molar-refractivity contribution is 0.136. The molecule has 2 fully saturated rings. The molecule has 0 aromatic carbocycles. The largest absolute Gasteiger partial charge is 0.197 e. The van der Waals surface area contributed by atoms with Crippen molar-refractivity contribution < 1.29 is 0 Å². The molecule has 0 saturated heterocycles. The lowest BCUT2D eigenvalue weighted by atomic mass is 9.64. The van der Waals surface area contributed by atoms with Crippen LogP contribution in [0.15, 0.2) is 12.2 Å². The van der Waals surface area contributed by atoms with Crippen molar-refractivity contribution >= 4 is 0 Å². The van der Waals surface area contributed by atoms with E-state index in [0.717, 1.165) is 30.6 Å². The molecule has 0 aliphatic heterocycles. The summed E-state index contributed by atoms with van der Waals surface area (Å²) in [6.45, 7) is 4.35. The molecule has 0 radical (unpaired) electrons. The second kappa shape index (κ2) is 10.3. The molecule has 0 atom stereocenters. The van der Waals surface area contributed by atoms with Crippen LogP contribution in [0.4, 0.5) is 0 Å². The highest BCUT2D eigenvalue weighted by atomic mass is 14.4. The third kappa shape index (κ3) is 5.65. The normalized spacial score (nSPS) is 34.3. The van der Waals surface area contributed by atoms with Crippen LogP contribution in [0.3, 0.4) is 0 Å². The van der Waals surface area contributed by atoms with Gasteiger partial charge in [0.2, 0.25) is 0 Å². The van der Waals surface area contributed by atoms with Gasteiger partial charge in [0.15, 0.2) is 0 Å². The molecule has 136 valence electrons. The van der Waals surface area contributed by atoms with Crippen molar-refractivity contribution in [3.8, 4) is 6.07 Å². The molecule has 2 aliphatic rings. The van der Waals surface area contributed by atoms with Crippen molar-refractivity contribution in [2.24, 2.45) is 23.2 Å². The van der Waals surface area contributed by atoms with Gasteiger partial charge in [-0.15, -0.1) is 0 Å². The zero-order valence-electron chi connectivity index (χ0n) is 16.2. The number of unbranched alkanes of at least 4 members (excludes halogenated alkanes) is 4. The Bertz CT molecular complexity index is 400. The minimum Gasteiger partial charge on any atom is -0.197 e. The lowest BCUT2D eigenvalue weighted by Crippen LogP contribution is -2.30. The SMILES string of the molecule is C/C=C\C1(C#N)CCC(C2CCC(CCCCCCC)CC2)CC1. The first kappa shape index (κ1) is 19.6. The van der Waals surface area contributed by atoms with E-state index in [9.17, 15) is 5.26 Å². The van der Waals surface area contributed by atoms with Crippen molar-refractivity contribution in [3.05, 3.63) is 12.2 Å². The molecular weight excluding hydrogens is 290 g/mol. The maximum Gasteiger partial charge on any atom is 0.0753 e. The smallest absolute Gasteiger partial charge is 0.0753 e. The number of allylic oxidation sites excluding steroid dienone is 2. The van der Waals surface area contributed by atoms with Gasteiger partial charge in [0, 0.05) is 0 Å². The van der Waals surface area contributed by atoms with E-state index >= 15 is 0 Å². The Morgan fingerprint density at radius 1 is 0.917 bits per heavy atom. The zero-order valence-corrected chi connectivity index (χ0v) is 16.2. The van der Waals surface area contributed by atoms with Crippen LogP contribution in [0.25, 0.3) is 0 Å². The minimum absolute atomic E-state index is 0.138. The predicted octanol–water partition coefficient (Wildman–Crippen LogP) is 7.43. The summed E-state index contributed by atoms with van der Waals surface area (Å²) in [5.41, 5.74) is -0.138. The van der Waals surface area contributed by atoms with Crippen LogP contribution in [-0.2, 0) is 0 Å². The Hall–Kier alpha value is -0.770. The van der Waals surface area contributed by atoms with Crippen LogP contribution in [0.1, 0.15) is 104 Å². The van der Waals surface area contributed by atoms with Gasteiger partial charge in [0.25, 0.3) is 0 Å². The number of nitriles is 1. The topological polar surface area (TPSA) is 23.8 Å². The van der Waals surface area contributed by atoms with E-state index in [2.05, 4.69) is 32.1 Å². The van der Waals surface area contributed by atoms with Gasteiger partial charge in [-0.2, -0.15) is 5.26 Å². The number of hydrogen-bond donors (Lipinski definition) is 0. The summed E-state index contributed by atoms with van der Waals surface area (Å²) in [5.74, 6) is 2.89. The number of rotatable bonds is 8. The average molecular weight is 330 g/mol. The first-order valence-electron chi connectivity index (χ1n) is 10.8.